The topological polar surface area (TPSA) is 55.1 Å². The van der Waals surface area contributed by atoms with Crippen molar-refractivity contribution in [2.45, 2.75) is 58.9 Å². The number of carboxylic acid groups (broad SMARTS) is 1. The number of aromatic nitrogens is 2. The van der Waals surface area contributed by atoms with Gasteiger partial charge in [0, 0.05) is 6.54 Å². The average Bonchev–Trinajstić information content (AvgIpc) is 2.75. The average molecular weight is 343 g/mol. The monoisotopic (exact) mass is 342 g/mol. The van der Waals surface area contributed by atoms with Gasteiger partial charge in [0.25, 0.3) is 0 Å². The molecule has 1 aromatic rings. The third-order valence-electron chi connectivity index (χ3n) is 4.38. The molecule has 1 aliphatic rings. The molecule has 4 nitrogen and oxygen atoms in total. The van der Waals surface area contributed by atoms with E-state index in [9.17, 15) is 9.90 Å². The van der Waals surface area contributed by atoms with E-state index >= 15 is 0 Å². The van der Waals surface area contributed by atoms with Crippen LogP contribution in [0.5, 0.6) is 0 Å². The molecule has 1 aliphatic carbocycles. The highest BCUT2D eigenvalue weighted by atomic mass is 79.9. The van der Waals surface area contributed by atoms with E-state index < -0.39 is 5.97 Å². The zero-order valence-corrected chi connectivity index (χ0v) is 13.8. The summed E-state index contributed by atoms with van der Waals surface area (Å²) in [5, 5.41) is 14.0. The van der Waals surface area contributed by atoms with E-state index in [0.717, 1.165) is 55.2 Å². The van der Waals surface area contributed by atoms with Crippen LogP contribution in [0.4, 0.5) is 0 Å². The number of rotatable bonds is 5. The minimum atomic E-state index is -0.635. The summed E-state index contributed by atoms with van der Waals surface area (Å²) >= 11 is 3.66. The van der Waals surface area contributed by atoms with Crippen LogP contribution in [0.3, 0.4) is 0 Å². The molecule has 2 rings (SSSR count). The van der Waals surface area contributed by atoms with Crippen molar-refractivity contribution in [3.8, 4) is 0 Å². The van der Waals surface area contributed by atoms with Gasteiger partial charge in [-0.05, 0) is 54.5 Å². The molecule has 0 radical (unpaired) electrons. The third kappa shape index (κ3) is 3.08. The maximum Gasteiger partial charge on any atom is 0.306 e. The number of carbonyl (C=O) groups is 1. The highest BCUT2D eigenvalue weighted by Crippen LogP contribution is 2.35. The zero-order valence-electron chi connectivity index (χ0n) is 12.2. The number of nitrogens with zero attached hydrogens (tertiary/aromatic N) is 2. The lowest BCUT2D eigenvalue weighted by atomic mass is 9.77. The molecule has 1 saturated carbocycles. The van der Waals surface area contributed by atoms with Crippen LogP contribution in [0.15, 0.2) is 4.47 Å². The first-order valence-electron chi connectivity index (χ1n) is 7.55. The number of aryl methyl sites for hydroxylation is 2. The first-order chi connectivity index (χ1) is 9.58. The Morgan fingerprint density at radius 3 is 2.70 bits per heavy atom. The Bertz CT molecular complexity index is 484. The lowest BCUT2D eigenvalue weighted by molar-refractivity contribution is -0.144. The predicted octanol–water partition coefficient (Wildman–Crippen LogP) is 3.66. The molecule has 2 unspecified atom stereocenters. The van der Waals surface area contributed by atoms with Crippen LogP contribution < -0.4 is 0 Å². The Balaban J connectivity index is 2.23. The molecule has 1 fully saturated rings. The summed E-state index contributed by atoms with van der Waals surface area (Å²) in [7, 11) is 0. The van der Waals surface area contributed by atoms with E-state index in [-0.39, 0.29) is 11.8 Å². The Hall–Kier alpha value is -0.840. The van der Waals surface area contributed by atoms with E-state index in [1.165, 1.54) is 5.69 Å². The quantitative estimate of drug-likeness (QED) is 0.888. The maximum atomic E-state index is 11.4. The smallest absolute Gasteiger partial charge is 0.306 e. The first kappa shape index (κ1) is 15.5. The molecule has 1 N–H and O–H groups in total. The zero-order chi connectivity index (χ0) is 14.7. The molecular weight excluding hydrogens is 320 g/mol. The number of carboxylic acids is 1. The second-order valence-electron chi connectivity index (χ2n) is 5.57. The van der Waals surface area contributed by atoms with Gasteiger partial charge in [-0.1, -0.05) is 19.8 Å². The Morgan fingerprint density at radius 2 is 2.10 bits per heavy atom. The summed E-state index contributed by atoms with van der Waals surface area (Å²) in [6, 6.07) is 0. The van der Waals surface area contributed by atoms with Crippen LogP contribution in [0.25, 0.3) is 0 Å². The highest BCUT2D eigenvalue weighted by molar-refractivity contribution is 9.10. The Kier molecular flexibility index (Phi) is 5.24. The fraction of sp³-hybridized carbons (Fsp3) is 0.733. The van der Waals surface area contributed by atoms with Crippen molar-refractivity contribution in [1.29, 1.82) is 0 Å². The standard InChI is InChI=1S/C15H23BrN2O2/c1-3-12-14(16)13(18(4-2)17-12)9-10-7-5-6-8-11(10)15(19)20/h10-11H,3-9H2,1-2H3,(H,19,20). The minimum Gasteiger partial charge on any atom is -0.481 e. The first-order valence-corrected chi connectivity index (χ1v) is 8.34. The molecule has 0 amide bonds. The fourth-order valence-electron chi connectivity index (χ4n) is 3.24. The highest BCUT2D eigenvalue weighted by Gasteiger charge is 2.32. The van der Waals surface area contributed by atoms with E-state index in [1.807, 2.05) is 4.68 Å². The van der Waals surface area contributed by atoms with Crippen LogP contribution in [-0.4, -0.2) is 20.9 Å². The second kappa shape index (κ2) is 6.74. The molecule has 1 aromatic heterocycles. The molecule has 112 valence electrons. The lowest BCUT2D eigenvalue weighted by Gasteiger charge is -2.28. The molecule has 0 spiro atoms. The fourth-order valence-corrected chi connectivity index (χ4v) is 3.96. The van der Waals surface area contributed by atoms with E-state index in [4.69, 9.17) is 0 Å². The molecule has 0 aromatic carbocycles. The van der Waals surface area contributed by atoms with Crippen LogP contribution in [0.2, 0.25) is 0 Å². The summed E-state index contributed by atoms with van der Waals surface area (Å²) in [6.07, 6.45) is 5.74. The van der Waals surface area contributed by atoms with Gasteiger partial charge in [-0.25, -0.2) is 0 Å². The van der Waals surface area contributed by atoms with Gasteiger partial charge in [0.05, 0.1) is 21.8 Å². The van der Waals surface area contributed by atoms with Crippen LogP contribution in [0, 0.1) is 11.8 Å². The van der Waals surface area contributed by atoms with Gasteiger partial charge >= 0.3 is 5.97 Å². The van der Waals surface area contributed by atoms with Gasteiger partial charge in [-0.3, -0.25) is 9.48 Å². The molecule has 20 heavy (non-hydrogen) atoms. The lowest BCUT2D eigenvalue weighted by Crippen LogP contribution is -2.29. The van der Waals surface area contributed by atoms with Gasteiger partial charge in [-0.15, -0.1) is 0 Å². The van der Waals surface area contributed by atoms with Crippen LogP contribution in [-0.2, 0) is 24.2 Å². The van der Waals surface area contributed by atoms with E-state index in [0.29, 0.717) is 0 Å². The third-order valence-corrected chi connectivity index (χ3v) is 5.29. The van der Waals surface area contributed by atoms with Crippen molar-refractivity contribution in [3.63, 3.8) is 0 Å². The van der Waals surface area contributed by atoms with Gasteiger partial charge in [0.15, 0.2) is 0 Å². The normalized spacial score (nSPS) is 22.9. The largest absolute Gasteiger partial charge is 0.481 e. The van der Waals surface area contributed by atoms with Crippen molar-refractivity contribution in [2.24, 2.45) is 11.8 Å². The molecule has 0 aliphatic heterocycles. The molecule has 5 heteroatoms. The van der Waals surface area contributed by atoms with Crippen molar-refractivity contribution in [2.75, 3.05) is 0 Å². The van der Waals surface area contributed by atoms with E-state index in [1.54, 1.807) is 0 Å². The van der Waals surface area contributed by atoms with Crippen molar-refractivity contribution in [1.82, 2.24) is 9.78 Å². The Labute approximate surface area is 128 Å². The summed E-state index contributed by atoms with van der Waals surface area (Å²) in [5.74, 6) is -0.589. The second-order valence-corrected chi connectivity index (χ2v) is 6.36. The minimum absolute atomic E-state index is 0.194. The summed E-state index contributed by atoms with van der Waals surface area (Å²) in [4.78, 5) is 11.4. The molecule has 2 atom stereocenters. The van der Waals surface area contributed by atoms with E-state index in [2.05, 4.69) is 34.9 Å². The van der Waals surface area contributed by atoms with Crippen molar-refractivity contribution in [3.05, 3.63) is 15.9 Å². The van der Waals surface area contributed by atoms with Crippen molar-refractivity contribution >= 4 is 21.9 Å². The van der Waals surface area contributed by atoms with Crippen molar-refractivity contribution < 1.29 is 9.90 Å². The number of hydrogen-bond donors (Lipinski definition) is 1. The molecule has 0 bridgehead atoms. The van der Waals surface area contributed by atoms with Gasteiger partial charge in [-0.2, -0.15) is 5.10 Å². The molecule has 0 saturated heterocycles. The van der Waals surface area contributed by atoms with Crippen LogP contribution >= 0.6 is 15.9 Å². The summed E-state index contributed by atoms with van der Waals surface area (Å²) in [6.45, 7) is 5.01. The van der Waals surface area contributed by atoms with Gasteiger partial charge in [0.1, 0.15) is 0 Å². The number of aliphatic carboxylic acids is 1. The number of hydrogen-bond acceptors (Lipinski definition) is 2. The predicted molar refractivity (Wildman–Crippen MR) is 81.8 cm³/mol. The Morgan fingerprint density at radius 1 is 1.40 bits per heavy atom. The summed E-state index contributed by atoms with van der Waals surface area (Å²) < 4.78 is 3.10. The number of halogens is 1. The molecular formula is C15H23BrN2O2. The summed E-state index contributed by atoms with van der Waals surface area (Å²) in [5.41, 5.74) is 2.24. The SMILES string of the molecule is CCc1nn(CC)c(CC2CCCCC2C(=O)O)c1Br. The molecule has 1 heterocycles. The van der Waals surface area contributed by atoms with Gasteiger partial charge in [0.2, 0.25) is 0 Å². The van der Waals surface area contributed by atoms with Gasteiger partial charge < -0.3 is 5.11 Å². The maximum absolute atomic E-state index is 11.4. The van der Waals surface area contributed by atoms with Crippen LogP contribution in [0.1, 0.15) is 50.9 Å².